The number of fused-ring (bicyclic) bond motifs is 2. The molecule has 0 unspecified atom stereocenters. The van der Waals surface area contributed by atoms with E-state index in [0.29, 0.717) is 33.5 Å². The number of azo groups is 2. The maximum Gasteiger partial charge on any atom is 0.339 e. The second-order valence-electron chi connectivity index (χ2n) is 12.4. The summed E-state index contributed by atoms with van der Waals surface area (Å²) in [6.45, 7) is 0. The number of ketones is 1. The van der Waals surface area contributed by atoms with Crippen LogP contribution in [-0.4, -0.2) is 48.5 Å². The molecule has 0 amide bonds. The summed E-state index contributed by atoms with van der Waals surface area (Å²) in [5, 5.41) is 32.1. The number of hydrogen-bond acceptors (Lipinski definition) is 13. The number of nitrogen functional groups attached to an aromatic ring is 1. The molecule has 57 heavy (non-hydrogen) atoms. The topological polar surface area (TPSA) is 263 Å². The Bertz CT molecular complexity index is 3030. The fraction of sp³-hybridized carbons (Fsp3) is 0. The van der Waals surface area contributed by atoms with Crippen LogP contribution in [0.3, 0.4) is 0 Å². The Balaban J connectivity index is 1.13. The van der Waals surface area contributed by atoms with E-state index in [-0.39, 0.29) is 38.3 Å². The highest BCUT2D eigenvalue weighted by Gasteiger charge is 2.19. The number of carboxylic acid groups (broad SMARTS) is 1. The first-order valence-corrected chi connectivity index (χ1v) is 19.4. The third-order valence-corrected chi connectivity index (χ3v) is 10.4. The normalized spacial score (nSPS) is 14.2. The zero-order chi connectivity index (χ0) is 40.5. The van der Waals surface area contributed by atoms with Gasteiger partial charge in [-0.2, -0.15) is 27.1 Å². The van der Waals surface area contributed by atoms with Gasteiger partial charge in [-0.1, -0.05) is 36.4 Å². The lowest BCUT2D eigenvalue weighted by atomic mass is 10.0. The lowest BCUT2D eigenvalue weighted by Gasteiger charge is -2.08. The van der Waals surface area contributed by atoms with Gasteiger partial charge in [0.15, 0.2) is 5.78 Å². The van der Waals surface area contributed by atoms with Gasteiger partial charge in [0, 0.05) is 27.2 Å². The summed E-state index contributed by atoms with van der Waals surface area (Å²) < 4.78 is 67.1. The van der Waals surface area contributed by atoms with Gasteiger partial charge < -0.3 is 10.8 Å². The maximum absolute atomic E-state index is 12.1. The zero-order valence-corrected chi connectivity index (χ0v) is 30.7. The molecule has 0 fully saturated rings. The molecule has 6 N–H and O–H groups in total. The Morgan fingerprint density at radius 2 is 1.11 bits per heavy atom. The van der Waals surface area contributed by atoms with Gasteiger partial charge in [-0.3, -0.25) is 19.3 Å². The average molecular weight is 802 g/mol. The van der Waals surface area contributed by atoms with E-state index in [0.717, 1.165) is 17.2 Å². The first-order valence-electron chi connectivity index (χ1n) is 16.5. The van der Waals surface area contributed by atoms with Crippen LogP contribution in [0.25, 0.3) is 32.7 Å². The van der Waals surface area contributed by atoms with Gasteiger partial charge in [0.25, 0.3) is 20.2 Å². The fourth-order valence-corrected chi connectivity index (χ4v) is 6.79. The average Bonchev–Trinajstić information content (AvgIpc) is 3.19. The zero-order valence-electron chi connectivity index (χ0n) is 29.0. The first kappa shape index (κ1) is 38.0. The third-order valence-electron chi connectivity index (χ3n) is 8.67. The maximum atomic E-state index is 12.1. The molecule has 1 aliphatic carbocycles. The molecule has 0 bridgehead atoms. The lowest BCUT2D eigenvalue weighted by Crippen LogP contribution is -2.15. The molecule has 1 aliphatic rings. The van der Waals surface area contributed by atoms with Gasteiger partial charge in [0.2, 0.25) is 0 Å². The molecule has 0 aromatic heterocycles. The molecular formula is C39H27N7O9S2. The van der Waals surface area contributed by atoms with Crippen molar-refractivity contribution >= 4 is 93.4 Å². The van der Waals surface area contributed by atoms with Crippen molar-refractivity contribution in [3.05, 3.63) is 133 Å². The Hall–Kier alpha value is -7.25. The lowest BCUT2D eigenvalue weighted by molar-refractivity contribution is -0.134. The Morgan fingerprint density at radius 3 is 1.68 bits per heavy atom. The first-order chi connectivity index (χ1) is 27.1. The van der Waals surface area contributed by atoms with Crippen molar-refractivity contribution in [2.24, 2.45) is 25.6 Å². The van der Waals surface area contributed by atoms with Gasteiger partial charge in [-0.15, -0.1) is 15.3 Å². The van der Waals surface area contributed by atoms with E-state index in [1.165, 1.54) is 60.7 Å². The van der Waals surface area contributed by atoms with Crippen molar-refractivity contribution < 1.29 is 40.6 Å². The van der Waals surface area contributed by atoms with Crippen LogP contribution in [0.4, 0.5) is 34.1 Å². The van der Waals surface area contributed by atoms with Crippen LogP contribution < -0.4 is 11.2 Å². The summed E-state index contributed by atoms with van der Waals surface area (Å²) in [6, 6.07) is 28.4. The molecule has 0 radical (unpaired) electrons. The van der Waals surface area contributed by atoms with Gasteiger partial charge in [0.1, 0.15) is 5.57 Å². The Kier molecular flexibility index (Phi) is 10.1. The minimum Gasteiger partial charge on any atom is -0.478 e. The van der Waals surface area contributed by atoms with E-state index in [1.54, 1.807) is 36.4 Å². The summed E-state index contributed by atoms with van der Waals surface area (Å²) >= 11 is 0. The number of carbonyl (C=O) groups is 2. The minimum absolute atomic E-state index is 0.190. The van der Waals surface area contributed by atoms with E-state index in [1.807, 2.05) is 24.3 Å². The van der Waals surface area contributed by atoms with Crippen LogP contribution in [0.2, 0.25) is 0 Å². The van der Waals surface area contributed by atoms with Crippen molar-refractivity contribution in [1.29, 1.82) is 0 Å². The van der Waals surface area contributed by atoms with Crippen molar-refractivity contribution in [3.63, 3.8) is 0 Å². The predicted octanol–water partition coefficient (Wildman–Crippen LogP) is 8.48. The van der Waals surface area contributed by atoms with Gasteiger partial charge >= 0.3 is 5.97 Å². The second-order valence-corrected chi connectivity index (χ2v) is 15.2. The van der Waals surface area contributed by atoms with Crippen molar-refractivity contribution in [1.82, 2.24) is 0 Å². The van der Waals surface area contributed by atoms with Crippen LogP contribution in [0.5, 0.6) is 0 Å². The highest BCUT2D eigenvalue weighted by atomic mass is 32.2. The number of hydrazone groups is 1. The van der Waals surface area contributed by atoms with E-state index in [4.69, 9.17) is 10.8 Å². The summed E-state index contributed by atoms with van der Waals surface area (Å²) in [6.07, 6.45) is 3.75. The van der Waals surface area contributed by atoms with Crippen LogP contribution in [0, 0.1) is 0 Å². The summed E-state index contributed by atoms with van der Waals surface area (Å²) in [7, 11) is -9.14. The SMILES string of the molecule is Nc1ccc(N=Nc2ccc(N=Nc3ccc(-c4ccc(NN=C5C=CC(=O)C(C(=O)O)=C5)cc4)cc3)c3ccc(S(=O)(=O)O)cc23)c2cc(S(=O)(=O)O)ccc12. The smallest absolute Gasteiger partial charge is 0.339 e. The Labute approximate surface area is 323 Å². The monoisotopic (exact) mass is 801 g/mol. The number of aliphatic carboxylic acids is 1. The molecule has 0 aliphatic heterocycles. The molecule has 7 rings (SSSR count). The number of nitrogens with one attached hydrogen (secondary N) is 1. The molecule has 0 heterocycles. The molecule has 6 aromatic carbocycles. The minimum atomic E-state index is -4.60. The number of benzene rings is 6. The third kappa shape index (κ3) is 8.38. The van der Waals surface area contributed by atoms with Crippen LogP contribution in [-0.2, 0) is 29.8 Å². The number of carboxylic acids is 1. The van der Waals surface area contributed by atoms with Gasteiger partial charge in [-0.25, -0.2) is 4.79 Å². The van der Waals surface area contributed by atoms with E-state index < -0.39 is 36.9 Å². The molecule has 0 saturated heterocycles. The standard InChI is InChI=1S/C39H27N7O9S2/c40-34-14-15-36(31-20-27(56(50,51)52)10-12-29(31)34)45-46-37-17-16-35(30-13-11-28(21-32(30)37)57(53,54)55)44-42-25-7-3-23(4-8-25)22-1-5-24(6-2-22)41-43-26-9-18-38(47)33(19-26)39(48)49/h1-21,41H,40H2,(H,48,49)(H,50,51,52)(H,53,54,55). The van der Waals surface area contributed by atoms with Crippen molar-refractivity contribution in [2.75, 3.05) is 11.2 Å². The summed E-state index contributed by atoms with van der Waals surface area (Å²) in [5.74, 6) is -1.93. The number of rotatable bonds is 10. The fourth-order valence-electron chi connectivity index (χ4n) is 5.77. The number of nitrogens with zero attached hydrogens (tertiary/aromatic N) is 5. The molecule has 0 saturated carbocycles. The molecule has 0 spiro atoms. The summed E-state index contributed by atoms with van der Waals surface area (Å²) in [4.78, 5) is 22.2. The van der Waals surface area contributed by atoms with E-state index >= 15 is 0 Å². The number of anilines is 2. The molecule has 0 atom stereocenters. The van der Waals surface area contributed by atoms with E-state index in [2.05, 4.69) is 31.0 Å². The van der Waals surface area contributed by atoms with Crippen LogP contribution in [0.15, 0.2) is 168 Å². The van der Waals surface area contributed by atoms with Crippen LogP contribution in [0.1, 0.15) is 0 Å². The summed E-state index contributed by atoms with van der Waals surface area (Å²) in [5.41, 5.74) is 12.8. The van der Waals surface area contributed by atoms with Gasteiger partial charge in [0.05, 0.1) is 43.9 Å². The molecule has 6 aromatic rings. The van der Waals surface area contributed by atoms with Gasteiger partial charge in [-0.05, 0) is 102 Å². The molecule has 284 valence electrons. The second kappa shape index (κ2) is 15.1. The van der Waals surface area contributed by atoms with Crippen LogP contribution >= 0.6 is 0 Å². The number of hydrogen-bond donors (Lipinski definition) is 5. The quantitative estimate of drug-likeness (QED) is 0.0219. The Morgan fingerprint density at radius 1 is 0.596 bits per heavy atom. The van der Waals surface area contributed by atoms with Crippen molar-refractivity contribution in [2.45, 2.75) is 9.79 Å². The number of allylic oxidation sites excluding steroid dienone is 3. The van der Waals surface area contributed by atoms with E-state index in [9.17, 15) is 35.5 Å². The molecule has 18 heteroatoms. The molecule has 16 nitrogen and oxygen atoms in total. The number of carbonyl (C=O) groups excluding carboxylic acids is 1. The largest absolute Gasteiger partial charge is 0.478 e. The number of nitrogens with two attached hydrogens (primary N) is 1. The highest BCUT2D eigenvalue weighted by Crippen LogP contribution is 2.38. The molecular weight excluding hydrogens is 775 g/mol. The van der Waals surface area contributed by atoms with Crippen molar-refractivity contribution in [3.8, 4) is 11.1 Å². The highest BCUT2D eigenvalue weighted by molar-refractivity contribution is 7.86. The predicted molar refractivity (Wildman–Crippen MR) is 213 cm³/mol.